The Morgan fingerprint density at radius 1 is 1.29 bits per heavy atom. The fourth-order valence-corrected chi connectivity index (χ4v) is 4.16. The van der Waals surface area contributed by atoms with Crippen LogP contribution in [0.2, 0.25) is 0 Å². The quantitative estimate of drug-likeness (QED) is 0.709. The number of urea groups is 1. The maximum Gasteiger partial charge on any atom is 0.322 e. The van der Waals surface area contributed by atoms with E-state index in [4.69, 9.17) is 5.73 Å². The first-order valence-corrected chi connectivity index (χ1v) is 11.0. The number of likely N-dealkylation sites (tertiary alicyclic amines) is 1. The van der Waals surface area contributed by atoms with Crippen molar-refractivity contribution >= 4 is 34.9 Å². The number of benzene rings is 1. The highest BCUT2D eigenvalue weighted by atomic mass is 32.1. The molecule has 0 bridgehead atoms. The Morgan fingerprint density at radius 2 is 1.97 bits per heavy atom. The van der Waals surface area contributed by atoms with E-state index in [1.807, 2.05) is 13.8 Å². The van der Waals surface area contributed by atoms with E-state index < -0.39 is 11.8 Å². The Balaban J connectivity index is 1.64. The van der Waals surface area contributed by atoms with Gasteiger partial charge in [0, 0.05) is 30.4 Å². The van der Waals surface area contributed by atoms with E-state index in [1.54, 1.807) is 22.4 Å². The maximum absolute atomic E-state index is 13.9. The number of para-hydroxylation sites is 1. The van der Waals surface area contributed by atoms with Crippen LogP contribution in [0.1, 0.15) is 42.2 Å². The summed E-state index contributed by atoms with van der Waals surface area (Å²) in [5, 5.41) is 4.86. The molecule has 1 saturated heterocycles. The molecule has 0 spiro atoms. The summed E-state index contributed by atoms with van der Waals surface area (Å²) in [6.07, 6.45) is 1.10. The molecule has 8 nitrogen and oxygen atoms in total. The Bertz CT molecular complexity index is 956. The first-order chi connectivity index (χ1) is 14.8. The topological polar surface area (TPSA) is 109 Å². The summed E-state index contributed by atoms with van der Waals surface area (Å²) in [6, 6.07) is 5.35. The zero-order valence-corrected chi connectivity index (χ0v) is 18.3. The molecule has 0 atom stereocenters. The molecule has 3 N–H and O–H groups in total. The molecule has 1 aliphatic heterocycles. The zero-order valence-electron chi connectivity index (χ0n) is 17.5. The fourth-order valence-electron chi connectivity index (χ4n) is 3.40. The second kappa shape index (κ2) is 9.86. The normalized spacial score (nSPS) is 14.5. The van der Waals surface area contributed by atoms with E-state index >= 15 is 0 Å². The lowest BCUT2D eigenvalue weighted by atomic mass is 9.96. The number of halogens is 1. The number of anilines is 1. The van der Waals surface area contributed by atoms with Crippen LogP contribution in [0.15, 0.2) is 29.6 Å². The van der Waals surface area contributed by atoms with E-state index in [0.717, 1.165) is 0 Å². The van der Waals surface area contributed by atoms with Crippen molar-refractivity contribution in [1.82, 2.24) is 14.8 Å². The lowest BCUT2D eigenvalue weighted by Crippen LogP contribution is -2.42. The molecule has 2 aromatic rings. The molecular weight excluding hydrogens is 421 g/mol. The van der Waals surface area contributed by atoms with Crippen molar-refractivity contribution in [3.63, 3.8) is 0 Å². The van der Waals surface area contributed by atoms with Crippen LogP contribution < -0.4 is 11.1 Å². The third-order valence-electron chi connectivity index (χ3n) is 5.26. The fraction of sp³-hybridized carbons (Fsp3) is 0.429. The average Bonchev–Trinajstić information content (AvgIpc) is 3.21. The number of amides is 4. The highest BCUT2D eigenvalue weighted by molar-refractivity contribution is 7.09. The number of aromatic nitrogens is 1. The lowest BCUT2D eigenvalue weighted by molar-refractivity contribution is -0.123. The molecule has 166 valence electrons. The summed E-state index contributed by atoms with van der Waals surface area (Å²) < 4.78 is 13.9. The molecular formula is C21H26FN5O3S. The van der Waals surface area contributed by atoms with Crippen molar-refractivity contribution in [3.05, 3.63) is 46.2 Å². The van der Waals surface area contributed by atoms with Gasteiger partial charge in [-0.05, 0) is 38.8 Å². The minimum absolute atomic E-state index is 0.104. The molecule has 31 heavy (non-hydrogen) atoms. The summed E-state index contributed by atoms with van der Waals surface area (Å²) >= 11 is 1.29. The predicted octanol–water partition coefficient (Wildman–Crippen LogP) is 3.06. The van der Waals surface area contributed by atoms with Crippen LogP contribution in [0.4, 0.5) is 14.9 Å². The van der Waals surface area contributed by atoms with E-state index in [0.29, 0.717) is 36.6 Å². The zero-order chi connectivity index (χ0) is 22.5. The minimum Gasteiger partial charge on any atom is -0.369 e. The SMILES string of the molecule is CC(C)N(Cc1nc(C(=O)N2CCC(C(N)=O)CC2)cs1)C(=O)Nc1ccccc1F. The lowest BCUT2D eigenvalue weighted by Gasteiger charge is -2.30. The van der Waals surface area contributed by atoms with Gasteiger partial charge in [0.05, 0.1) is 12.2 Å². The van der Waals surface area contributed by atoms with E-state index in [1.165, 1.54) is 28.4 Å². The summed E-state index contributed by atoms with van der Waals surface area (Å²) in [7, 11) is 0. The van der Waals surface area contributed by atoms with Gasteiger partial charge in [0.15, 0.2) is 0 Å². The maximum atomic E-state index is 13.9. The Hall–Kier alpha value is -3.01. The van der Waals surface area contributed by atoms with Crippen molar-refractivity contribution in [1.29, 1.82) is 0 Å². The Morgan fingerprint density at radius 3 is 2.58 bits per heavy atom. The number of rotatable bonds is 6. The van der Waals surface area contributed by atoms with Gasteiger partial charge in [0.2, 0.25) is 5.91 Å². The van der Waals surface area contributed by atoms with Crippen molar-refractivity contribution in [2.45, 2.75) is 39.3 Å². The Kier molecular flexibility index (Phi) is 7.21. The minimum atomic E-state index is -0.512. The molecule has 10 heteroatoms. The number of piperidine rings is 1. The number of primary amides is 1. The van der Waals surface area contributed by atoms with Gasteiger partial charge >= 0.3 is 6.03 Å². The highest BCUT2D eigenvalue weighted by Crippen LogP contribution is 2.21. The molecule has 0 saturated carbocycles. The van der Waals surface area contributed by atoms with Gasteiger partial charge in [-0.1, -0.05) is 12.1 Å². The standard InChI is InChI=1S/C21H26FN5O3S/c1-13(2)27(21(30)25-16-6-4-3-5-15(16)22)11-18-24-17(12-31-18)20(29)26-9-7-14(8-10-26)19(23)28/h3-6,12-14H,7-11H2,1-2H3,(H2,23,28)(H,25,30). The predicted molar refractivity (Wildman–Crippen MR) is 116 cm³/mol. The number of nitrogens with two attached hydrogens (primary N) is 1. The van der Waals surface area contributed by atoms with Gasteiger partial charge in [0.25, 0.3) is 5.91 Å². The summed E-state index contributed by atoms with van der Waals surface area (Å²) in [5.74, 6) is -1.23. The number of hydrogen-bond donors (Lipinski definition) is 2. The van der Waals surface area contributed by atoms with Crippen LogP contribution in [-0.2, 0) is 11.3 Å². The van der Waals surface area contributed by atoms with E-state index in [-0.39, 0.29) is 36.0 Å². The summed E-state index contributed by atoms with van der Waals surface area (Å²) in [4.78, 5) is 44.3. The molecule has 1 aromatic heterocycles. The third kappa shape index (κ3) is 5.57. The van der Waals surface area contributed by atoms with Crippen molar-refractivity contribution in [2.24, 2.45) is 11.7 Å². The van der Waals surface area contributed by atoms with Gasteiger partial charge in [-0.3, -0.25) is 9.59 Å². The monoisotopic (exact) mass is 447 g/mol. The number of hydrogen-bond acceptors (Lipinski definition) is 5. The molecule has 4 amide bonds. The molecule has 0 aliphatic carbocycles. The van der Waals surface area contributed by atoms with Crippen molar-refractivity contribution < 1.29 is 18.8 Å². The van der Waals surface area contributed by atoms with Crippen LogP contribution in [0.25, 0.3) is 0 Å². The van der Waals surface area contributed by atoms with Gasteiger partial charge in [-0.25, -0.2) is 14.2 Å². The van der Waals surface area contributed by atoms with Gasteiger partial charge in [0.1, 0.15) is 16.5 Å². The first kappa shape index (κ1) is 22.7. The van der Waals surface area contributed by atoms with Crippen LogP contribution >= 0.6 is 11.3 Å². The van der Waals surface area contributed by atoms with Crippen LogP contribution in [0.5, 0.6) is 0 Å². The molecule has 1 aromatic carbocycles. The molecule has 2 heterocycles. The number of carbonyl (C=O) groups excluding carboxylic acids is 3. The highest BCUT2D eigenvalue weighted by Gasteiger charge is 2.28. The Labute approximate surface area is 184 Å². The second-order valence-corrected chi connectivity index (χ2v) is 8.67. The molecule has 1 aliphatic rings. The first-order valence-electron chi connectivity index (χ1n) is 10.1. The molecule has 3 rings (SSSR count). The average molecular weight is 448 g/mol. The van der Waals surface area contributed by atoms with Crippen molar-refractivity contribution in [2.75, 3.05) is 18.4 Å². The van der Waals surface area contributed by atoms with E-state index in [9.17, 15) is 18.8 Å². The van der Waals surface area contributed by atoms with Crippen LogP contribution in [0.3, 0.4) is 0 Å². The van der Waals surface area contributed by atoms with Crippen LogP contribution in [-0.4, -0.2) is 51.8 Å². The molecule has 0 radical (unpaired) electrons. The van der Waals surface area contributed by atoms with E-state index in [2.05, 4.69) is 10.3 Å². The van der Waals surface area contributed by atoms with Gasteiger partial charge in [-0.2, -0.15) is 0 Å². The largest absolute Gasteiger partial charge is 0.369 e. The number of carbonyl (C=O) groups is 3. The second-order valence-electron chi connectivity index (χ2n) is 7.73. The number of thiazole rings is 1. The third-order valence-corrected chi connectivity index (χ3v) is 6.09. The number of nitrogens with one attached hydrogen (secondary N) is 1. The summed E-state index contributed by atoms with van der Waals surface area (Å²) in [6.45, 7) is 4.82. The van der Waals surface area contributed by atoms with Crippen LogP contribution in [0, 0.1) is 11.7 Å². The summed E-state index contributed by atoms with van der Waals surface area (Å²) in [5.41, 5.74) is 5.76. The smallest absolute Gasteiger partial charge is 0.322 e. The van der Waals surface area contributed by atoms with Crippen molar-refractivity contribution in [3.8, 4) is 0 Å². The van der Waals surface area contributed by atoms with Gasteiger partial charge in [-0.15, -0.1) is 11.3 Å². The number of nitrogens with zero attached hydrogens (tertiary/aromatic N) is 3. The molecule has 1 fully saturated rings. The van der Waals surface area contributed by atoms with Gasteiger partial charge < -0.3 is 20.9 Å². The molecule has 0 unspecified atom stereocenters.